The number of ether oxygens (including phenoxy) is 1. The summed E-state index contributed by atoms with van der Waals surface area (Å²) in [7, 11) is 0. The van der Waals surface area contributed by atoms with Crippen molar-refractivity contribution < 1.29 is 18.7 Å². The van der Waals surface area contributed by atoms with Gasteiger partial charge in [0.2, 0.25) is 5.91 Å². The quantitative estimate of drug-likeness (QED) is 0.640. The van der Waals surface area contributed by atoms with Crippen LogP contribution in [0.25, 0.3) is 0 Å². The number of carbonyl (C=O) groups is 2. The summed E-state index contributed by atoms with van der Waals surface area (Å²) >= 11 is 0. The largest absolute Gasteiger partial charge is 0.472 e. The molecule has 0 unspecified atom stereocenters. The van der Waals surface area contributed by atoms with E-state index in [2.05, 4.69) is 10.2 Å². The van der Waals surface area contributed by atoms with Gasteiger partial charge in [0.05, 0.1) is 25.0 Å². The zero-order chi connectivity index (χ0) is 18.8. The summed E-state index contributed by atoms with van der Waals surface area (Å²) in [6, 6.07) is 1.73. The maximum absolute atomic E-state index is 12.6. The second-order valence-electron chi connectivity index (χ2n) is 6.68. The number of carbonyl (C=O) groups excluding carboxylic acids is 2. The lowest BCUT2D eigenvalue weighted by Gasteiger charge is -2.28. The Labute approximate surface area is 155 Å². The van der Waals surface area contributed by atoms with Crippen molar-refractivity contribution in [2.24, 2.45) is 0 Å². The van der Waals surface area contributed by atoms with Crippen LogP contribution in [0.2, 0.25) is 0 Å². The van der Waals surface area contributed by atoms with Crippen LogP contribution < -0.4 is 5.32 Å². The van der Waals surface area contributed by atoms with Crippen molar-refractivity contribution in [2.45, 2.75) is 39.2 Å². The molecule has 1 saturated heterocycles. The molecule has 1 aromatic heterocycles. The number of amides is 2. The first kappa shape index (κ1) is 20.5. The van der Waals surface area contributed by atoms with Gasteiger partial charge in [0.25, 0.3) is 5.91 Å². The molecule has 0 aromatic carbocycles. The van der Waals surface area contributed by atoms with Crippen molar-refractivity contribution in [3.05, 3.63) is 24.2 Å². The maximum Gasteiger partial charge on any atom is 0.257 e. The monoisotopic (exact) mass is 365 g/mol. The second kappa shape index (κ2) is 11.0. The van der Waals surface area contributed by atoms with E-state index >= 15 is 0 Å². The Morgan fingerprint density at radius 1 is 1.35 bits per heavy atom. The molecule has 0 bridgehead atoms. The Balaban J connectivity index is 1.69. The lowest BCUT2D eigenvalue weighted by molar-refractivity contribution is -0.121. The van der Waals surface area contributed by atoms with E-state index in [1.165, 1.54) is 12.5 Å². The molecular weight excluding hydrogens is 334 g/mol. The van der Waals surface area contributed by atoms with E-state index in [9.17, 15) is 9.59 Å². The van der Waals surface area contributed by atoms with Gasteiger partial charge in [0.15, 0.2) is 0 Å². The summed E-state index contributed by atoms with van der Waals surface area (Å²) in [5, 5.41) is 2.95. The van der Waals surface area contributed by atoms with Gasteiger partial charge < -0.3 is 19.4 Å². The summed E-state index contributed by atoms with van der Waals surface area (Å²) in [4.78, 5) is 28.8. The number of hydrogen-bond acceptors (Lipinski definition) is 5. The number of rotatable bonds is 10. The summed E-state index contributed by atoms with van der Waals surface area (Å²) in [6.45, 7) is 9.60. The molecule has 2 rings (SSSR count). The smallest absolute Gasteiger partial charge is 0.257 e. The Hall–Kier alpha value is -1.86. The van der Waals surface area contributed by atoms with Gasteiger partial charge in [-0.15, -0.1) is 0 Å². The van der Waals surface area contributed by atoms with E-state index in [1.54, 1.807) is 11.0 Å². The Bertz CT molecular complexity index is 541. The van der Waals surface area contributed by atoms with Crippen LogP contribution in [0.3, 0.4) is 0 Å². The molecule has 1 atom stereocenters. The molecular formula is C19H31N3O4. The molecule has 0 aliphatic carbocycles. The van der Waals surface area contributed by atoms with Crippen LogP contribution in [0.4, 0.5) is 0 Å². The highest BCUT2D eigenvalue weighted by Crippen LogP contribution is 2.12. The fraction of sp³-hybridized carbons (Fsp3) is 0.684. The molecule has 0 saturated carbocycles. The van der Waals surface area contributed by atoms with Crippen molar-refractivity contribution in [3.63, 3.8) is 0 Å². The molecule has 0 radical (unpaired) electrons. The van der Waals surface area contributed by atoms with Crippen LogP contribution in [0.1, 0.15) is 43.5 Å². The van der Waals surface area contributed by atoms with Gasteiger partial charge in [0.1, 0.15) is 6.26 Å². The molecule has 1 aliphatic heterocycles. The predicted octanol–water partition coefficient (Wildman–Crippen LogP) is 1.75. The number of morpholine rings is 1. The molecule has 26 heavy (non-hydrogen) atoms. The highest BCUT2D eigenvalue weighted by Gasteiger charge is 2.22. The highest BCUT2D eigenvalue weighted by atomic mass is 16.5. The second-order valence-corrected chi connectivity index (χ2v) is 6.68. The molecule has 7 nitrogen and oxygen atoms in total. The average molecular weight is 365 g/mol. The minimum Gasteiger partial charge on any atom is -0.472 e. The van der Waals surface area contributed by atoms with Crippen molar-refractivity contribution in [2.75, 3.05) is 45.9 Å². The highest BCUT2D eigenvalue weighted by molar-refractivity contribution is 5.94. The first-order valence-corrected chi connectivity index (χ1v) is 9.51. The van der Waals surface area contributed by atoms with Gasteiger partial charge in [-0.1, -0.05) is 6.92 Å². The average Bonchev–Trinajstić information content (AvgIpc) is 3.20. The molecule has 2 amide bonds. The van der Waals surface area contributed by atoms with Gasteiger partial charge in [-0.3, -0.25) is 14.5 Å². The zero-order valence-corrected chi connectivity index (χ0v) is 15.9. The molecule has 1 aromatic rings. The van der Waals surface area contributed by atoms with Crippen molar-refractivity contribution in [3.8, 4) is 0 Å². The van der Waals surface area contributed by atoms with Crippen LogP contribution in [0.15, 0.2) is 23.0 Å². The molecule has 1 aliphatic rings. The van der Waals surface area contributed by atoms with E-state index in [0.29, 0.717) is 25.1 Å². The summed E-state index contributed by atoms with van der Waals surface area (Å²) < 4.78 is 10.3. The minimum absolute atomic E-state index is 0.0136. The number of nitrogens with zero attached hydrogens (tertiary/aromatic N) is 2. The van der Waals surface area contributed by atoms with E-state index in [1.807, 2.05) is 13.8 Å². The van der Waals surface area contributed by atoms with Gasteiger partial charge >= 0.3 is 0 Å². The normalized spacial score (nSPS) is 16.2. The molecule has 1 fully saturated rings. The zero-order valence-electron chi connectivity index (χ0n) is 15.9. The van der Waals surface area contributed by atoms with Crippen molar-refractivity contribution in [1.82, 2.24) is 15.1 Å². The van der Waals surface area contributed by atoms with Crippen molar-refractivity contribution >= 4 is 11.8 Å². The van der Waals surface area contributed by atoms with Gasteiger partial charge in [-0.2, -0.15) is 0 Å². The fourth-order valence-corrected chi connectivity index (χ4v) is 2.96. The minimum atomic E-state index is -0.0896. The van der Waals surface area contributed by atoms with Crippen LogP contribution >= 0.6 is 0 Å². The lowest BCUT2D eigenvalue weighted by Crippen LogP contribution is -2.41. The fourth-order valence-electron chi connectivity index (χ4n) is 2.96. The Kier molecular flexibility index (Phi) is 8.64. The number of furan rings is 1. The standard InChI is InChI=1S/C19H31N3O4/c1-3-16(2)22(19(24)17-6-12-26-15-17)9-5-18(23)20-7-4-8-21-10-13-25-14-11-21/h6,12,15-16H,3-5,7-11,13-14H2,1-2H3,(H,20,23)/t16-/m0/s1. The van der Waals surface area contributed by atoms with E-state index < -0.39 is 0 Å². The Morgan fingerprint density at radius 2 is 2.12 bits per heavy atom. The first-order chi connectivity index (χ1) is 12.6. The first-order valence-electron chi connectivity index (χ1n) is 9.51. The molecule has 2 heterocycles. The van der Waals surface area contributed by atoms with Gasteiger partial charge in [-0.05, 0) is 32.4 Å². The van der Waals surface area contributed by atoms with Crippen LogP contribution in [-0.2, 0) is 9.53 Å². The van der Waals surface area contributed by atoms with Crippen molar-refractivity contribution in [1.29, 1.82) is 0 Å². The summed E-state index contributed by atoms with van der Waals surface area (Å²) in [5.41, 5.74) is 0.524. The molecule has 7 heteroatoms. The SMILES string of the molecule is CC[C@H](C)N(CCC(=O)NCCCN1CCOCC1)C(=O)c1ccoc1. The molecule has 1 N–H and O–H groups in total. The maximum atomic E-state index is 12.6. The third-order valence-electron chi connectivity index (χ3n) is 4.81. The predicted molar refractivity (Wildman–Crippen MR) is 99.0 cm³/mol. The topological polar surface area (TPSA) is 75.0 Å². The molecule has 0 spiro atoms. The third kappa shape index (κ3) is 6.46. The van der Waals surface area contributed by atoms with Gasteiger partial charge in [-0.25, -0.2) is 0 Å². The van der Waals surface area contributed by atoms with Gasteiger partial charge in [0, 0.05) is 38.6 Å². The van der Waals surface area contributed by atoms with E-state index in [4.69, 9.17) is 9.15 Å². The lowest BCUT2D eigenvalue weighted by atomic mass is 10.1. The summed E-state index contributed by atoms with van der Waals surface area (Å²) in [6.07, 6.45) is 5.01. The Morgan fingerprint density at radius 3 is 2.77 bits per heavy atom. The number of nitrogens with one attached hydrogen (secondary N) is 1. The van der Waals surface area contributed by atoms with E-state index in [0.717, 1.165) is 45.7 Å². The summed E-state index contributed by atoms with van der Waals surface area (Å²) in [5.74, 6) is -0.103. The van der Waals surface area contributed by atoms with Crippen LogP contribution in [0, 0.1) is 0 Å². The van der Waals surface area contributed by atoms with Crippen LogP contribution in [-0.4, -0.2) is 73.6 Å². The third-order valence-corrected chi connectivity index (χ3v) is 4.81. The molecule has 146 valence electrons. The number of hydrogen-bond donors (Lipinski definition) is 1. The van der Waals surface area contributed by atoms with E-state index in [-0.39, 0.29) is 17.9 Å². The van der Waals surface area contributed by atoms with Crippen LogP contribution in [0.5, 0.6) is 0 Å².